The summed E-state index contributed by atoms with van der Waals surface area (Å²) in [6, 6.07) is -1.03. The number of esters is 1. The monoisotopic (exact) mass is 1080 g/mol. The predicted octanol–water partition coefficient (Wildman–Crippen LogP) is 15.2. The fourth-order valence-electron chi connectivity index (χ4n) is 9.66. The highest BCUT2D eigenvalue weighted by molar-refractivity contribution is 5.80. The van der Waals surface area contributed by atoms with Crippen molar-refractivity contribution < 1.29 is 49.3 Å². The first-order valence-electron chi connectivity index (χ1n) is 31.8. The summed E-state index contributed by atoms with van der Waals surface area (Å²) in [6.07, 6.45) is 58.1. The van der Waals surface area contributed by atoms with Crippen molar-refractivity contribution in [1.29, 1.82) is 0 Å². The number of ether oxygens (including phenoxy) is 3. The summed E-state index contributed by atoms with van der Waals surface area (Å²) in [6.45, 7) is 5.63. The highest BCUT2D eigenvalue weighted by Gasteiger charge is 2.47. The van der Waals surface area contributed by atoms with Gasteiger partial charge in [-0.2, -0.15) is 0 Å². The van der Waals surface area contributed by atoms with Gasteiger partial charge < -0.3 is 45.1 Å². The van der Waals surface area contributed by atoms with E-state index in [1.165, 1.54) is 161 Å². The van der Waals surface area contributed by atoms with Crippen LogP contribution in [0.4, 0.5) is 0 Å². The number of unbranched alkanes of at least 4 members (excludes halogenated alkanes) is 32. The molecule has 1 amide bonds. The van der Waals surface area contributed by atoms with Crippen LogP contribution in [0, 0.1) is 0 Å². The van der Waals surface area contributed by atoms with Crippen molar-refractivity contribution >= 4 is 11.9 Å². The number of rotatable bonds is 53. The molecule has 1 rings (SSSR count). The summed E-state index contributed by atoms with van der Waals surface area (Å²) >= 11 is 0. The first kappa shape index (κ1) is 72.1. The number of hydrogen-bond acceptors (Lipinski definition) is 10. The minimum atomic E-state index is -1.63. The summed E-state index contributed by atoms with van der Waals surface area (Å²) in [5.41, 5.74) is 0. The molecular formula is C66H117NO10. The van der Waals surface area contributed by atoms with Crippen molar-refractivity contribution in [3.05, 3.63) is 72.9 Å². The number of aliphatic hydroxyl groups is 5. The first-order chi connectivity index (χ1) is 37.7. The van der Waals surface area contributed by atoms with Crippen LogP contribution in [-0.2, 0) is 23.8 Å². The minimum Gasteiger partial charge on any atom is -0.454 e. The molecule has 77 heavy (non-hydrogen) atoms. The van der Waals surface area contributed by atoms with E-state index in [0.29, 0.717) is 12.8 Å². The molecule has 1 saturated heterocycles. The van der Waals surface area contributed by atoms with Crippen molar-refractivity contribution in [1.82, 2.24) is 5.32 Å². The van der Waals surface area contributed by atoms with Gasteiger partial charge in [-0.05, 0) is 70.6 Å². The average Bonchev–Trinajstić information content (AvgIpc) is 3.43. The van der Waals surface area contributed by atoms with Gasteiger partial charge in [0, 0.05) is 6.42 Å². The lowest BCUT2D eigenvalue weighted by atomic mass is 9.99. The molecule has 1 aliphatic rings. The van der Waals surface area contributed by atoms with Gasteiger partial charge >= 0.3 is 5.97 Å². The minimum absolute atomic E-state index is 0.0759. The van der Waals surface area contributed by atoms with E-state index in [-0.39, 0.29) is 19.4 Å². The molecule has 0 radical (unpaired) electrons. The summed E-state index contributed by atoms with van der Waals surface area (Å²) in [7, 11) is 0. The molecule has 0 aromatic rings. The summed E-state index contributed by atoms with van der Waals surface area (Å²) < 4.78 is 17.6. The van der Waals surface area contributed by atoms with Crippen LogP contribution in [-0.4, -0.2) is 99.6 Å². The van der Waals surface area contributed by atoms with E-state index in [1.807, 2.05) is 42.5 Å². The van der Waals surface area contributed by atoms with Gasteiger partial charge in [-0.25, -0.2) is 0 Å². The molecular weight excluding hydrogens is 967 g/mol. The number of carbonyl (C=O) groups excluding carboxylic acids is 2. The van der Waals surface area contributed by atoms with Crippen LogP contribution in [0.3, 0.4) is 0 Å². The Morgan fingerprint density at radius 3 is 1.44 bits per heavy atom. The molecule has 11 nitrogen and oxygen atoms in total. The topological polar surface area (TPSA) is 175 Å². The number of nitrogens with one attached hydrogen (secondary N) is 1. The van der Waals surface area contributed by atoms with Gasteiger partial charge in [0.25, 0.3) is 0 Å². The SMILES string of the molecule is CC/C=C/C=C/C=C\C=C/CCCCCC(=O)OC1C(OCC(NC(=O)C(O)CCCCCCCCCCCCCC/C=C/CCCCCCCC)C(O)/C=C/CCCCCCCCCCCCC)OC(CO)C(O)C1O. The lowest BCUT2D eigenvalue weighted by Crippen LogP contribution is -2.61. The van der Waals surface area contributed by atoms with Crippen molar-refractivity contribution in [2.24, 2.45) is 0 Å². The van der Waals surface area contributed by atoms with E-state index in [9.17, 15) is 35.1 Å². The van der Waals surface area contributed by atoms with E-state index in [4.69, 9.17) is 14.2 Å². The second-order valence-electron chi connectivity index (χ2n) is 21.8. The number of aliphatic hydroxyl groups excluding tert-OH is 5. The van der Waals surface area contributed by atoms with Gasteiger partial charge in [-0.3, -0.25) is 9.59 Å². The largest absolute Gasteiger partial charge is 0.454 e. The third-order valence-corrected chi connectivity index (χ3v) is 14.7. The molecule has 0 spiro atoms. The number of amides is 1. The zero-order valence-electron chi connectivity index (χ0n) is 49.3. The molecule has 0 aromatic heterocycles. The van der Waals surface area contributed by atoms with Crippen molar-refractivity contribution in [3.63, 3.8) is 0 Å². The number of carbonyl (C=O) groups is 2. The fraction of sp³-hybridized carbons (Fsp3) is 0.788. The Kier molecular flexibility index (Phi) is 50.3. The van der Waals surface area contributed by atoms with Gasteiger partial charge in [-0.1, -0.05) is 267 Å². The molecule has 1 fully saturated rings. The van der Waals surface area contributed by atoms with Gasteiger partial charge in [0.15, 0.2) is 12.4 Å². The van der Waals surface area contributed by atoms with Crippen LogP contribution >= 0.6 is 0 Å². The molecule has 0 aromatic carbocycles. The Bertz CT molecular complexity index is 1530. The maximum absolute atomic E-state index is 13.4. The summed E-state index contributed by atoms with van der Waals surface area (Å²) in [5, 5.41) is 57.0. The van der Waals surface area contributed by atoms with Gasteiger partial charge in [0.1, 0.15) is 24.4 Å². The van der Waals surface area contributed by atoms with Crippen LogP contribution in [0.1, 0.15) is 271 Å². The molecule has 0 aliphatic carbocycles. The second kappa shape index (κ2) is 53.7. The first-order valence-corrected chi connectivity index (χ1v) is 31.8. The number of hydrogen-bond donors (Lipinski definition) is 6. The molecule has 11 heteroatoms. The summed E-state index contributed by atoms with van der Waals surface area (Å²) in [4.78, 5) is 26.5. The van der Waals surface area contributed by atoms with Gasteiger partial charge in [0.2, 0.25) is 5.91 Å². The molecule has 6 N–H and O–H groups in total. The Morgan fingerprint density at radius 1 is 0.519 bits per heavy atom. The Morgan fingerprint density at radius 2 is 0.948 bits per heavy atom. The zero-order chi connectivity index (χ0) is 56.1. The maximum Gasteiger partial charge on any atom is 0.306 e. The average molecular weight is 1080 g/mol. The standard InChI is InChI=1S/C66H117NO10/c1-4-7-10-13-16-19-22-25-26-27-28-29-30-31-32-33-36-38-41-44-47-50-53-59(70)65(74)67-57(58(69)52-49-46-43-40-37-34-23-20-17-14-11-8-5-2)56-75-66-64(63(73)62(72)60(55-68)76-66)77-61(71)54-51-48-45-42-39-35-24-21-18-15-12-9-6-3/h9,12,15,18,21,24-26,35,39,49,52,57-60,62-64,66,68-70,72-73H,4-8,10-11,13-14,16-17,19-20,22-23,27-34,36-38,40-48,50-51,53-56H2,1-3H3,(H,67,74)/b12-9+,18-15+,24-21-,26-25+,39-35-,52-49+. The summed E-state index contributed by atoms with van der Waals surface area (Å²) in [5.74, 6) is -1.23. The van der Waals surface area contributed by atoms with Crippen molar-refractivity contribution in [2.75, 3.05) is 13.2 Å². The fourth-order valence-corrected chi connectivity index (χ4v) is 9.66. The Labute approximate surface area is 471 Å². The van der Waals surface area contributed by atoms with E-state index in [1.54, 1.807) is 6.08 Å². The maximum atomic E-state index is 13.4. The van der Waals surface area contributed by atoms with Gasteiger partial charge in [-0.15, -0.1) is 0 Å². The molecule has 1 aliphatic heterocycles. The zero-order valence-corrected chi connectivity index (χ0v) is 49.3. The molecule has 8 atom stereocenters. The quantitative estimate of drug-likeness (QED) is 0.0149. The highest BCUT2D eigenvalue weighted by atomic mass is 16.7. The van der Waals surface area contributed by atoms with E-state index in [0.717, 1.165) is 64.2 Å². The van der Waals surface area contributed by atoms with Gasteiger partial charge in [0.05, 0.1) is 25.4 Å². The predicted molar refractivity (Wildman–Crippen MR) is 319 cm³/mol. The molecule has 0 saturated carbocycles. The van der Waals surface area contributed by atoms with Crippen molar-refractivity contribution in [2.45, 2.75) is 320 Å². The Hall–Kier alpha value is -2.90. The smallest absolute Gasteiger partial charge is 0.306 e. The van der Waals surface area contributed by atoms with Crippen molar-refractivity contribution in [3.8, 4) is 0 Å². The van der Waals surface area contributed by atoms with Crippen LogP contribution in [0.25, 0.3) is 0 Å². The van der Waals surface area contributed by atoms with E-state index < -0.39 is 67.4 Å². The number of allylic oxidation sites excluding steroid dienone is 11. The second-order valence-corrected chi connectivity index (χ2v) is 21.8. The molecule has 0 bridgehead atoms. The molecule has 8 unspecified atom stereocenters. The van der Waals surface area contributed by atoms with Crippen LogP contribution < -0.4 is 5.32 Å². The third kappa shape index (κ3) is 41.7. The third-order valence-electron chi connectivity index (χ3n) is 14.7. The molecule has 446 valence electrons. The van der Waals surface area contributed by atoms with Crippen LogP contribution in [0.15, 0.2) is 72.9 Å². The molecule has 1 heterocycles. The normalized spacial score (nSPS) is 19.5. The highest BCUT2D eigenvalue weighted by Crippen LogP contribution is 2.26. The van der Waals surface area contributed by atoms with E-state index in [2.05, 4.69) is 50.4 Å². The Balaban J connectivity index is 2.66. The van der Waals surface area contributed by atoms with E-state index >= 15 is 0 Å². The lowest BCUT2D eigenvalue weighted by Gasteiger charge is -2.41. The van der Waals surface area contributed by atoms with Crippen LogP contribution in [0.5, 0.6) is 0 Å². The lowest BCUT2D eigenvalue weighted by molar-refractivity contribution is -0.305. The van der Waals surface area contributed by atoms with Crippen LogP contribution in [0.2, 0.25) is 0 Å².